The van der Waals surface area contributed by atoms with Gasteiger partial charge in [-0.3, -0.25) is 14.4 Å². The van der Waals surface area contributed by atoms with Crippen molar-refractivity contribution in [3.8, 4) is 0 Å². The first-order valence-corrected chi connectivity index (χ1v) is 8.06. The van der Waals surface area contributed by atoms with Gasteiger partial charge in [-0.2, -0.15) is 4.98 Å². The molecule has 0 amide bonds. The molecule has 0 atom stereocenters. The molecule has 0 fully saturated rings. The Morgan fingerprint density at radius 3 is 2.72 bits per heavy atom. The van der Waals surface area contributed by atoms with Gasteiger partial charge in [-0.25, -0.2) is 4.98 Å². The van der Waals surface area contributed by atoms with Crippen molar-refractivity contribution in [3.05, 3.63) is 75.7 Å². The van der Waals surface area contributed by atoms with E-state index in [0.717, 1.165) is 16.6 Å². The Morgan fingerprint density at radius 2 is 2.00 bits per heavy atom. The van der Waals surface area contributed by atoms with Gasteiger partial charge in [0.2, 0.25) is 5.95 Å². The van der Waals surface area contributed by atoms with Crippen LogP contribution in [0.5, 0.6) is 0 Å². The van der Waals surface area contributed by atoms with Crippen molar-refractivity contribution >= 4 is 22.7 Å². The molecule has 6 heteroatoms. The summed E-state index contributed by atoms with van der Waals surface area (Å²) in [4.78, 5) is 26.1. The molecule has 25 heavy (non-hydrogen) atoms. The van der Waals surface area contributed by atoms with E-state index in [1.54, 1.807) is 4.57 Å². The second-order valence-corrected chi connectivity index (χ2v) is 5.97. The zero-order valence-corrected chi connectivity index (χ0v) is 13.8. The maximum atomic E-state index is 13.1. The Kier molecular flexibility index (Phi) is 3.65. The van der Waals surface area contributed by atoms with Gasteiger partial charge in [0.15, 0.2) is 0 Å². The number of nitrogen functional groups attached to an aromatic ring is 1. The summed E-state index contributed by atoms with van der Waals surface area (Å²) in [6.45, 7) is 2.88. The summed E-state index contributed by atoms with van der Waals surface area (Å²) in [5, 5.41) is 0.808. The fourth-order valence-corrected chi connectivity index (χ4v) is 3.05. The summed E-state index contributed by atoms with van der Waals surface area (Å²) in [6, 6.07) is 11.6. The van der Waals surface area contributed by atoms with Crippen LogP contribution in [-0.4, -0.2) is 26.8 Å². The van der Waals surface area contributed by atoms with E-state index in [2.05, 4.69) is 15.0 Å². The molecule has 0 unspecified atom stereocenters. The maximum absolute atomic E-state index is 13.1. The SMILES string of the molecule is Cc1nc(N)nc2c1cc(C1=NCC=C1)c(=O)n2Cc1ccccc1. The maximum Gasteiger partial charge on any atom is 0.261 e. The van der Waals surface area contributed by atoms with E-state index >= 15 is 0 Å². The molecule has 1 aliphatic rings. The third kappa shape index (κ3) is 2.71. The Morgan fingerprint density at radius 1 is 1.20 bits per heavy atom. The van der Waals surface area contributed by atoms with E-state index in [4.69, 9.17) is 5.73 Å². The number of aliphatic imine (C=N–C) groups is 1. The lowest BCUT2D eigenvalue weighted by atomic mass is 10.1. The molecule has 0 aliphatic carbocycles. The van der Waals surface area contributed by atoms with Gasteiger partial charge in [0.1, 0.15) is 5.65 Å². The zero-order chi connectivity index (χ0) is 17.4. The minimum Gasteiger partial charge on any atom is -0.368 e. The highest BCUT2D eigenvalue weighted by molar-refractivity contribution is 6.11. The van der Waals surface area contributed by atoms with Crippen LogP contribution < -0.4 is 11.3 Å². The molecule has 0 spiro atoms. The van der Waals surface area contributed by atoms with Crippen molar-refractivity contribution in [1.29, 1.82) is 0 Å². The van der Waals surface area contributed by atoms with Crippen molar-refractivity contribution in [3.63, 3.8) is 0 Å². The first kappa shape index (κ1) is 15.3. The largest absolute Gasteiger partial charge is 0.368 e. The summed E-state index contributed by atoms with van der Waals surface area (Å²) in [6.07, 6.45) is 3.82. The smallest absolute Gasteiger partial charge is 0.261 e. The Balaban J connectivity index is 2.02. The molecule has 2 aromatic heterocycles. The number of anilines is 1. The van der Waals surface area contributed by atoms with Crippen LogP contribution in [0.4, 0.5) is 5.95 Å². The highest BCUT2D eigenvalue weighted by Gasteiger charge is 2.17. The quantitative estimate of drug-likeness (QED) is 0.796. The number of aryl methyl sites for hydroxylation is 1. The third-order valence-corrected chi connectivity index (χ3v) is 4.26. The first-order valence-electron chi connectivity index (χ1n) is 8.06. The van der Waals surface area contributed by atoms with Crippen LogP contribution >= 0.6 is 0 Å². The molecular formula is C19H17N5O. The van der Waals surface area contributed by atoms with E-state index in [9.17, 15) is 4.79 Å². The van der Waals surface area contributed by atoms with Crippen LogP contribution in [0.25, 0.3) is 11.0 Å². The fraction of sp³-hybridized carbons (Fsp3) is 0.158. The van der Waals surface area contributed by atoms with Gasteiger partial charge in [-0.15, -0.1) is 0 Å². The molecule has 1 aromatic carbocycles. The van der Waals surface area contributed by atoms with Crippen LogP contribution in [0.3, 0.4) is 0 Å². The second-order valence-electron chi connectivity index (χ2n) is 5.97. The standard InChI is InChI=1S/C19H17N5O/c1-12-14-10-15(16-8-5-9-21-16)18(25)24(17(14)23-19(20)22-12)11-13-6-3-2-4-7-13/h2-8,10H,9,11H2,1H3,(H2,20,22,23). The van der Waals surface area contributed by atoms with Gasteiger partial charge in [0.05, 0.1) is 30.1 Å². The molecule has 3 aromatic rings. The third-order valence-electron chi connectivity index (χ3n) is 4.26. The van der Waals surface area contributed by atoms with Crippen molar-refractivity contribution in [2.75, 3.05) is 12.3 Å². The van der Waals surface area contributed by atoms with Crippen molar-refractivity contribution in [2.24, 2.45) is 4.99 Å². The lowest BCUT2D eigenvalue weighted by Crippen LogP contribution is -2.28. The van der Waals surface area contributed by atoms with Crippen LogP contribution in [0.2, 0.25) is 0 Å². The summed E-state index contributed by atoms with van der Waals surface area (Å²) in [5.41, 5.74) is 9.27. The monoisotopic (exact) mass is 331 g/mol. The van der Waals surface area contributed by atoms with Crippen LogP contribution in [0.15, 0.2) is 58.3 Å². The van der Waals surface area contributed by atoms with Gasteiger partial charge in [-0.1, -0.05) is 36.4 Å². The number of benzene rings is 1. The van der Waals surface area contributed by atoms with Crippen LogP contribution in [-0.2, 0) is 6.54 Å². The summed E-state index contributed by atoms with van der Waals surface area (Å²) in [7, 11) is 0. The molecule has 124 valence electrons. The topological polar surface area (TPSA) is 86.2 Å². The normalized spacial score (nSPS) is 13.4. The van der Waals surface area contributed by atoms with Crippen molar-refractivity contribution < 1.29 is 0 Å². The fourth-order valence-electron chi connectivity index (χ4n) is 3.05. The number of nitrogens with zero attached hydrogens (tertiary/aromatic N) is 4. The van der Waals surface area contributed by atoms with Crippen LogP contribution in [0, 0.1) is 6.92 Å². The Hall–Kier alpha value is -3.28. The molecule has 2 N–H and O–H groups in total. The first-order chi connectivity index (χ1) is 12.1. The summed E-state index contributed by atoms with van der Waals surface area (Å²) >= 11 is 0. The molecule has 6 nitrogen and oxygen atoms in total. The van der Waals surface area contributed by atoms with Crippen LogP contribution in [0.1, 0.15) is 16.8 Å². The average Bonchev–Trinajstić information content (AvgIpc) is 3.13. The van der Waals surface area contributed by atoms with Crippen molar-refractivity contribution in [2.45, 2.75) is 13.5 Å². The zero-order valence-electron chi connectivity index (χ0n) is 13.8. The number of nitrogens with two attached hydrogens (primary N) is 1. The molecule has 0 radical (unpaired) electrons. The summed E-state index contributed by atoms with van der Waals surface area (Å²) < 4.78 is 1.65. The molecule has 1 aliphatic heterocycles. The van der Waals surface area contributed by atoms with E-state index in [1.807, 2.05) is 55.5 Å². The number of hydrogen-bond acceptors (Lipinski definition) is 5. The van der Waals surface area contributed by atoms with E-state index in [0.29, 0.717) is 30.0 Å². The molecular weight excluding hydrogens is 314 g/mol. The number of allylic oxidation sites excluding steroid dienone is 1. The Labute approximate surface area is 144 Å². The molecule has 0 saturated heterocycles. The van der Waals surface area contributed by atoms with Gasteiger partial charge in [-0.05, 0) is 24.6 Å². The molecule has 0 bridgehead atoms. The predicted octanol–water partition coefficient (Wildman–Crippen LogP) is 2.09. The Bertz CT molecular complexity index is 1080. The van der Waals surface area contributed by atoms with E-state index in [-0.39, 0.29) is 11.5 Å². The highest BCUT2D eigenvalue weighted by atomic mass is 16.1. The average molecular weight is 331 g/mol. The number of pyridine rings is 1. The van der Waals surface area contributed by atoms with Gasteiger partial charge >= 0.3 is 0 Å². The lowest BCUT2D eigenvalue weighted by Gasteiger charge is -2.13. The van der Waals surface area contributed by atoms with Gasteiger partial charge in [0, 0.05) is 5.39 Å². The number of fused-ring (bicyclic) bond motifs is 1. The van der Waals surface area contributed by atoms with Gasteiger partial charge < -0.3 is 5.73 Å². The van der Waals surface area contributed by atoms with Crippen molar-refractivity contribution in [1.82, 2.24) is 14.5 Å². The number of rotatable bonds is 3. The molecule has 4 rings (SSSR count). The molecule has 0 saturated carbocycles. The number of aromatic nitrogens is 3. The minimum atomic E-state index is -0.126. The predicted molar refractivity (Wildman–Crippen MR) is 99.0 cm³/mol. The highest BCUT2D eigenvalue weighted by Crippen LogP contribution is 2.18. The number of hydrogen-bond donors (Lipinski definition) is 1. The summed E-state index contributed by atoms with van der Waals surface area (Å²) in [5.74, 6) is 0.164. The minimum absolute atomic E-state index is 0.126. The van der Waals surface area contributed by atoms with E-state index in [1.165, 1.54) is 0 Å². The lowest BCUT2D eigenvalue weighted by molar-refractivity contribution is 0.779. The van der Waals surface area contributed by atoms with E-state index < -0.39 is 0 Å². The second kappa shape index (κ2) is 5.98. The van der Waals surface area contributed by atoms with Gasteiger partial charge in [0.25, 0.3) is 5.56 Å². The molecule has 3 heterocycles.